The number of carbonyl (C=O) groups is 3. The highest BCUT2D eigenvalue weighted by Crippen LogP contribution is 2.23. The third-order valence-electron chi connectivity index (χ3n) is 5.28. The van der Waals surface area contributed by atoms with Crippen LogP contribution in [0.4, 0.5) is 5.69 Å². The number of ether oxygens (including phenoxy) is 1. The molecule has 0 saturated heterocycles. The Kier molecular flexibility index (Phi) is 9.55. The fourth-order valence-electron chi connectivity index (χ4n) is 3.38. The van der Waals surface area contributed by atoms with Crippen LogP contribution in [0.15, 0.2) is 117 Å². The smallest absolute Gasteiger partial charge is 0.343 e. The van der Waals surface area contributed by atoms with Gasteiger partial charge in [-0.3, -0.25) is 9.59 Å². The van der Waals surface area contributed by atoms with Crippen LogP contribution in [-0.2, 0) is 4.79 Å². The van der Waals surface area contributed by atoms with Crippen LogP contribution < -0.4 is 15.5 Å². The van der Waals surface area contributed by atoms with E-state index in [1.165, 1.54) is 12.3 Å². The molecule has 4 aromatic carbocycles. The first-order valence-corrected chi connectivity index (χ1v) is 13.2. The van der Waals surface area contributed by atoms with Crippen molar-refractivity contribution in [3.63, 3.8) is 0 Å². The molecule has 0 spiro atoms. The molecule has 2 N–H and O–H groups in total. The molecule has 0 radical (unpaired) electrons. The van der Waals surface area contributed by atoms with Gasteiger partial charge in [-0.15, -0.1) is 0 Å². The topological polar surface area (TPSA) is 96.9 Å². The molecule has 0 aromatic heterocycles. The van der Waals surface area contributed by atoms with Crippen LogP contribution in [0.1, 0.15) is 31.8 Å². The minimum atomic E-state index is -0.533. The van der Waals surface area contributed by atoms with Gasteiger partial charge in [0.1, 0.15) is 5.75 Å². The zero-order chi connectivity index (χ0) is 27.6. The van der Waals surface area contributed by atoms with Gasteiger partial charge >= 0.3 is 5.97 Å². The summed E-state index contributed by atoms with van der Waals surface area (Å²) in [6.07, 6.45) is 4.45. The monoisotopic (exact) mass is 645 g/mol. The summed E-state index contributed by atoms with van der Waals surface area (Å²) >= 11 is 6.73. The van der Waals surface area contributed by atoms with Crippen molar-refractivity contribution >= 4 is 67.6 Å². The number of carbonyl (C=O) groups excluding carboxylic acids is 3. The van der Waals surface area contributed by atoms with Crippen LogP contribution in [0.3, 0.4) is 0 Å². The van der Waals surface area contributed by atoms with Crippen molar-refractivity contribution in [3.05, 3.63) is 134 Å². The summed E-state index contributed by atoms with van der Waals surface area (Å²) in [5, 5.41) is 6.76. The van der Waals surface area contributed by atoms with Crippen LogP contribution in [-0.4, -0.2) is 24.0 Å². The van der Waals surface area contributed by atoms with Gasteiger partial charge in [0.2, 0.25) is 5.91 Å². The van der Waals surface area contributed by atoms with E-state index in [4.69, 9.17) is 4.74 Å². The number of benzene rings is 4. The molecule has 4 aromatic rings. The van der Waals surface area contributed by atoms with E-state index in [9.17, 15) is 14.4 Å². The normalized spacial score (nSPS) is 10.9. The summed E-state index contributed by atoms with van der Waals surface area (Å²) in [4.78, 5) is 37.9. The molecule has 2 amide bonds. The zero-order valence-electron chi connectivity index (χ0n) is 20.3. The fraction of sp³-hybridized carbons (Fsp3) is 0. The SMILES string of the molecule is O=C(/C=C/c1ccccc1)Nc1ccccc1C(=O)N/N=C\c1cc(Br)ccc1OC(=O)c1ccc(Br)cc1. The predicted octanol–water partition coefficient (Wildman–Crippen LogP) is 6.85. The lowest BCUT2D eigenvalue weighted by atomic mass is 10.1. The van der Waals surface area contributed by atoms with Crippen molar-refractivity contribution in [2.75, 3.05) is 5.32 Å². The number of halogens is 2. The summed E-state index contributed by atoms with van der Waals surface area (Å²) in [5.74, 6) is -1.18. The summed E-state index contributed by atoms with van der Waals surface area (Å²) < 4.78 is 7.13. The quantitative estimate of drug-likeness (QED) is 0.0720. The van der Waals surface area contributed by atoms with Gasteiger partial charge in [0.15, 0.2) is 0 Å². The Morgan fingerprint density at radius 3 is 2.26 bits per heavy atom. The van der Waals surface area contributed by atoms with Gasteiger partial charge in [0.05, 0.1) is 23.0 Å². The van der Waals surface area contributed by atoms with E-state index in [1.54, 1.807) is 72.8 Å². The zero-order valence-corrected chi connectivity index (χ0v) is 23.5. The largest absolute Gasteiger partial charge is 0.422 e. The molecule has 39 heavy (non-hydrogen) atoms. The number of esters is 1. The summed E-state index contributed by atoms with van der Waals surface area (Å²) in [5.41, 5.74) is 4.74. The third-order valence-corrected chi connectivity index (χ3v) is 6.30. The van der Waals surface area contributed by atoms with Crippen molar-refractivity contribution in [1.82, 2.24) is 5.43 Å². The molecule has 0 heterocycles. The first-order valence-electron chi connectivity index (χ1n) is 11.6. The number of para-hydroxylation sites is 1. The molecule has 0 aliphatic carbocycles. The predicted molar refractivity (Wildman–Crippen MR) is 159 cm³/mol. The molecular weight excluding hydrogens is 626 g/mol. The highest BCUT2D eigenvalue weighted by Gasteiger charge is 2.13. The maximum absolute atomic E-state index is 12.9. The second-order valence-electron chi connectivity index (χ2n) is 8.06. The molecule has 0 aliphatic rings. The van der Waals surface area contributed by atoms with Crippen molar-refractivity contribution in [1.29, 1.82) is 0 Å². The molecule has 0 atom stereocenters. The Bertz CT molecular complexity index is 1550. The highest BCUT2D eigenvalue weighted by atomic mass is 79.9. The van der Waals surface area contributed by atoms with Gasteiger partial charge in [-0.1, -0.05) is 74.3 Å². The number of amides is 2. The van der Waals surface area contributed by atoms with E-state index in [0.29, 0.717) is 16.8 Å². The van der Waals surface area contributed by atoms with E-state index >= 15 is 0 Å². The number of hydrogen-bond acceptors (Lipinski definition) is 5. The van der Waals surface area contributed by atoms with E-state index in [0.717, 1.165) is 14.5 Å². The second kappa shape index (κ2) is 13.5. The van der Waals surface area contributed by atoms with E-state index < -0.39 is 11.9 Å². The van der Waals surface area contributed by atoms with Gasteiger partial charge in [0, 0.05) is 20.6 Å². The van der Waals surface area contributed by atoms with Gasteiger partial charge in [-0.2, -0.15) is 5.10 Å². The van der Waals surface area contributed by atoms with E-state index in [2.05, 4.69) is 47.7 Å². The van der Waals surface area contributed by atoms with Crippen molar-refractivity contribution < 1.29 is 19.1 Å². The number of nitrogens with zero attached hydrogens (tertiary/aromatic N) is 1. The number of hydrazone groups is 1. The Hall–Kier alpha value is -4.34. The molecule has 194 valence electrons. The highest BCUT2D eigenvalue weighted by molar-refractivity contribution is 9.10. The second-order valence-corrected chi connectivity index (χ2v) is 9.89. The molecule has 0 aliphatic heterocycles. The lowest BCUT2D eigenvalue weighted by molar-refractivity contribution is -0.111. The van der Waals surface area contributed by atoms with Crippen LogP contribution >= 0.6 is 31.9 Å². The van der Waals surface area contributed by atoms with Crippen molar-refractivity contribution in [2.24, 2.45) is 5.10 Å². The van der Waals surface area contributed by atoms with E-state index in [1.807, 2.05) is 30.3 Å². The molecule has 0 unspecified atom stereocenters. The van der Waals surface area contributed by atoms with Gasteiger partial charge < -0.3 is 10.1 Å². The Balaban J connectivity index is 1.43. The molecule has 0 fully saturated rings. The van der Waals surface area contributed by atoms with Crippen LogP contribution in [0.2, 0.25) is 0 Å². The molecular formula is C30H21Br2N3O4. The number of rotatable bonds is 8. The van der Waals surface area contributed by atoms with Gasteiger partial charge in [0.25, 0.3) is 5.91 Å². The first kappa shape index (κ1) is 27.7. The van der Waals surface area contributed by atoms with Crippen LogP contribution in [0.5, 0.6) is 5.75 Å². The fourth-order valence-corrected chi connectivity index (χ4v) is 4.02. The first-order chi connectivity index (χ1) is 18.9. The molecule has 0 bridgehead atoms. The number of nitrogens with one attached hydrogen (secondary N) is 2. The maximum atomic E-state index is 12.9. The minimum absolute atomic E-state index is 0.229. The maximum Gasteiger partial charge on any atom is 0.343 e. The van der Waals surface area contributed by atoms with Crippen molar-refractivity contribution in [3.8, 4) is 5.75 Å². The molecule has 0 saturated carbocycles. The van der Waals surface area contributed by atoms with Gasteiger partial charge in [-0.25, -0.2) is 10.2 Å². The molecule has 7 nitrogen and oxygen atoms in total. The average Bonchev–Trinajstić information content (AvgIpc) is 2.94. The van der Waals surface area contributed by atoms with Crippen molar-refractivity contribution in [2.45, 2.75) is 0 Å². The third kappa shape index (κ3) is 8.07. The Morgan fingerprint density at radius 1 is 0.795 bits per heavy atom. The Morgan fingerprint density at radius 2 is 1.49 bits per heavy atom. The summed E-state index contributed by atoms with van der Waals surface area (Å²) in [6.45, 7) is 0. The number of hydrogen-bond donors (Lipinski definition) is 2. The summed E-state index contributed by atoms with van der Waals surface area (Å²) in [7, 11) is 0. The Labute approximate surface area is 241 Å². The summed E-state index contributed by atoms with van der Waals surface area (Å²) in [6, 6.07) is 27.8. The number of anilines is 1. The lowest BCUT2D eigenvalue weighted by Crippen LogP contribution is -2.20. The lowest BCUT2D eigenvalue weighted by Gasteiger charge is -2.09. The van der Waals surface area contributed by atoms with Crippen LogP contribution in [0, 0.1) is 0 Å². The molecule has 4 rings (SSSR count). The minimum Gasteiger partial charge on any atom is -0.422 e. The van der Waals surface area contributed by atoms with E-state index in [-0.39, 0.29) is 17.2 Å². The van der Waals surface area contributed by atoms with Gasteiger partial charge in [-0.05, 0) is 66.2 Å². The average molecular weight is 647 g/mol. The molecule has 9 heteroatoms. The van der Waals surface area contributed by atoms with Crippen LogP contribution in [0.25, 0.3) is 6.08 Å². The standard InChI is InChI=1S/C30H21Br2N3O4/c31-23-13-11-21(12-14-23)30(38)39-27-16-15-24(32)18-22(27)19-33-35-29(37)25-8-4-5-9-26(25)34-28(36)17-10-20-6-2-1-3-7-20/h1-19H,(H,34,36)(H,35,37)/b17-10+,33-19-.